The number of hydrogen-bond donors (Lipinski definition) is 1. The summed E-state index contributed by atoms with van der Waals surface area (Å²) in [4.78, 5) is 25.4. The van der Waals surface area contributed by atoms with Crippen LogP contribution in [0.2, 0.25) is 0 Å². The van der Waals surface area contributed by atoms with Gasteiger partial charge < -0.3 is 10.0 Å². The third-order valence-corrected chi connectivity index (χ3v) is 4.08. The summed E-state index contributed by atoms with van der Waals surface area (Å²) >= 11 is 0. The fourth-order valence-electron chi connectivity index (χ4n) is 2.87. The predicted molar refractivity (Wildman–Crippen MR) is 80.7 cm³/mol. The molecule has 22 heavy (non-hydrogen) atoms. The molecule has 1 amide bonds. The topological polar surface area (TPSA) is 75.4 Å². The fourth-order valence-corrected chi connectivity index (χ4v) is 2.87. The number of nitrogens with zero attached hydrogens (tertiary/aromatic N) is 3. The molecule has 0 unspecified atom stereocenters. The molecule has 2 heterocycles. The average molecular weight is 299 g/mol. The maximum atomic E-state index is 12.5. The number of carboxylic acids is 1. The highest BCUT2D eigenvalue weighted by Gasteiger charge is 2.35. The number of carbonyl (C=O) groups is 2. The zero-order chi connectivity index (χ0) is 15.7. The minimum Gasteiger partial charge on any atom is -0.481 e. The van der Waals surface area contributed by atoms with E-state index in [1.807, 2.05) is 19.2 Å². The van der Waals surface area contributed by atoms with Crippen molar-refractivity contribution < 1.29 is 14.7 Å². The number of carbonyl (C=O) groups excluding carboxylic acids is 1. The van der Waals surface area contributed by atoms with Crippen molar-refractivity contribution in [3.63, 3.8) is 0 Å². The minimum absolute atomic E-state index is 0.0580. The molecule has 6 heteroatoms. The summed E-state index contributed by atoms with van der Waals surface area (Å²) in [6, 6.07) is 9.09. The lowest BCUT2D eigenvalue weighted by atomic mass is 10.0. The highest BCUT2D eigenvalue weighted by molar-refractivity contribution is 5.99. The van der Waals surface area contributed by atoms with Gasteiger partial charge in [0.2, 0.25) is 5.91 Å². The Morgan fingerprint density at radius 2 is 2.09 bits per heavy atom. The molecule has 1 aliphatic heterocycles. The van der Waals surface area contributed by atoms with E-state index in [0.29, 0.717) is 24.1 Å². The van der Waals surface area contributed by atoms with Crippen molar-refractivity contribution in [2.45, 2.75) is 18.8 Å². The SMILES string of the molecule is Cn1nccc1CCC(=O)N1C[C@@H](C(=O)O)c2ccccc21. The van der Waals surface area contributed by atoms with Gasteiger partial charge in [0, 0.05) is 37.6 Å². The Hall–Kier alpha value is -2.63. The van der Waals surface area contributed by atoms with E-state index in [1.54, 1.807) is 34.0 Å². The molecule has 0 bridgehead atoms. The lowest BCUT2D eigenvalue weighted by Crippen LogP contribution is -2.31. The van der Waals surface area contributed by atoms with Crippen LogP contribution in [-0.4, -0.2) is 33.3 Å². The Balaban J connectivity index is 1.76. The first-order valence-electron chi connectivity index (χ1n) is 7.17. The molecule has 0 fully saturated rings. The van der Waals surface area contributed by atoms with E-state index in [2.05, 4.69) is 5.10 Å². The Kier molecular flexibility index (Phi) is 3.66. The standard InChI is InChI=1S/C16H17N3O3/c1-18-11(8-9-17-18)6-7-15(20)19-10-13(16(21)22)12-4-2-3-5-14(12)19/h2-5,8-9,13H,6-7,10H2,1H3,(H,21,22)/t13-/m1/s1. The largest absolute Gasteiger partial charge is 0.481 e. The number of para-hydroxylation sites is 1. The van der Waals surface area contributed by atoms with E-state index in [0.717, 1.165) is 5.69 Å². The van der Waals surface area contributed by atoms with Gasteiger partial charge in [0.15, 0.2) is 0 Å². The van der Waals surface area contributed by atoms with Crippen LogP contribution in [0.25, 0.3) is 0 Å². The van der Waals surface area contributed by atoms with Gasteiger partial charge in [-0.15, -0.1) is 0 Å². The van der Waals surface area contributed by atoms with Gasteiger partial charge in [0.1, 0.15) is 5.92 Å². The Morgan fingerprint density at radius 1 is 1.32 bits per heavy atom. The number of anilines is 1. The van der Waals surface area contributed by atoms with Crippen LogP contribution in [0.5, 0.6) is 0 Å². The predicted octanol–water partition coefficient (Wildman–Crippen LogP) is 1.57. The van der Waals surface area contributed by atoms with Crippen LogP contribution in [0.4, 0.5) is 5.69 Å². The number of hydrogen-bond acceptors (Lipinski definition) is 3. The molecule has 0 spiro atoms. The number of carboxylic acid groups (broad SMARTS) is 1. The molecule has 1 aliphatic rings. The van der Waals surface area contributed by atoms with Crippen molar-refractivity contribution in [1.29, 1.82) is 0 Å². The monoisotopic (exact) mass is 299 g/mol. The Morgan fingerprint density at radius 3 is 2.77 bits per heavy atom. The first-order valence-corrected chi connectivity index (χ1v) is 7.17. The maximum Gasteiger partial charge on any atom is 0.312 e. The van der Waals surface area contributed by atoms with Crippen molar-refractivity contribution in [1.82, 2.24) is 9.78 Å². The van der Waals surface area contributed by atoms with Crippen molar-refractivity contribution in [2.75, 3.05) is 11.4 Å². The van der Waals surface area contributed by atoms with E-state index >= 15 is 0 Å². The average Bonchev–Trinajstić information content (AvgIpc) is 3.08. The van der Waals surface area contributed by atoms with Gasteiger partial charge >= 0.3 is 5.97 Å². The first-order chi connectivity index (χ1) is 10.6. The smallest absolute Gasteiger partial charge is 0.312 e. The number of aryl methyl sites for hydroxylation is 2. The van der Waals surface area contributed by atoms with Gasteiger partial charge in [0.05, 0.1) is 0 Å². The van der Waals surface area contributed by atoms with Gasteiger partial charge in [0.25, 0.3) is 0 Å². The van der Waals surface area contributed by atoms with Gasteiger partial charge in [-0.1, -0.05) is 18.2 Å². The van der Waals surface area contributed by atoms with Crippen LogP contribution in [0, 0.1) is 0 Å². The van der Waals surface area contributed by atoms with Crippen LogP contribution in [-0.2, 0) is 23.1 Å². The van der Waals surface area contributed by atoms with Gasteiger partial charge in [-0.3, -0.25) is 14.3 Å². The molecule has 3 rings (SSSR count). The van der Waals surface area contributed by atoms with Crippen molar-refractivity contribution in [2.24, 2.45) is 7.05 Å². The zero-order valence-electron chi connectivity index (χ0n) is 12.3. The van der Waals surface area contributed by atoms with Crippen LogP contribution in [0.3, 0.4) is 0 Å². The highest BCUT2D eigenvalue weighted by Crippen LogP contribution is 2.36. The quantitative estimate of drug-likeness (QED) is 0.929. The summed E-state index contributed by atoms with van der Waals surface area (Å²) in [5, 5.41) is 13.4. The highest BCUT2D eigenvalue weighted by atomic mass is 16.4. The van der Waals surface area contributed by atoms with Crippen LogP contribution < -0.4 is 4.90 Å². The Labute approximate surface area is 128 Å². The molecule has 0 radical (unpaired) electrons. The van der Waals surface area contributed by atoms with Crippen LogP contribution >= 0.6 is 0 Å². The molecule has 1 aromatic carbocycles. The van der Waals surface area contributed by atoms with Crippen LogP contribution in [0.1, 0.15) is 23.6 Å². The van der Waals surface area contributed by atoms with E-state index < -0.39 is 11.9 Å². The molecule has 1 atom stereocenters. The Bertz CT molecular complexity index is 723. The lowest BCUT2D eigenvalue weighted by molar-refractivity contribution is -0.138. The number of fused-ring (bicyclic) bond motifs is 1. The summed E-state index contributed by atoms with van der Waals surface area (Å²) in [5.41, 5.74) is 2.41. The van der Waals surface area contributed by atoms with E-state index in [4.69, 9.17) is 0 Å². The van der Waals surface area contributed by atoms with Gasteiger partial charge in [-0.2, -0.15) is 5.10 Å². The third kappa shape index (κ3) is 2.47. The summed E-state index contributed by atoms with van der Waals surface area (Å²) in [6.07, 6.45) is 2.62. The molecular formula is C16H17N3O3. The summed E-state index contributed by atoms with van der Waals surface area (Å²) in [6.45, 7) is 0.207. The van der Waals surface area contributed by atoms with Gasteiger partial charge in [-0.25, -0.2) is 0 Å². The van der Waals surface area contributed by atoms with E-state index in [1.165, 1.54) is 0 Å². The minimum atomic E-state index is -0.894. The number of aromatic nitrogens is 2. The van der Waals surface area contributed by atoms with Crippen molar-refractivity contribution in [3.8, 4) is 0 Å². The summed E-state index contributed by atoms with van der Waals surface area (Å²) in [7, 11) is 1.84. The second-order valence-electron chi connectivity index (χ2n) is 5.40. The molecule has 2 aromatic rings. The number of aliphatic carboxylic acids is 1. The molecule has 0 aliphatic carbocycles. The normalized spacial score (nSPS) is 16.6. The van der Waals surface area contributed by atoms with Crippen molar-refractivity contribution >= 4 is 17.6 Å². The third-order valence-electron chi connectivity index (χ3n) is 4.08. The summed E-state index contributed by atoms with van der Waals surface area (Å²) in [5.74, 6) is -1.59. The first kappa shape index (κ1) is 14.3. The van der Waals surface area contributed by atoms with Crippen LogP contribution in [0.15, 0.2) is 36.5 Å². The second kappa shape index (κ2) is 5.63. The lowest BCUT2D eigenvalue weighted by Gasteiger charge is -2.17. The fraction of sp³-hybridized carbons (Fsp3) is 0.312. The second-order valence-corrected chi connectivity index (χ2v) is 5.40. The molecule has 1 N–H and O–H groups in total. The van der Waals surface area contributed by atoms with Crippen molar-refractivity contribution in [3.05, 3.63) is 47.8 Å². The van der Waals surface area contributed by atoms with Gasteiger partial charge in [-0.05, 0) is 24.1 Å². The summed E-state index contributed by atoms with van der Waals surface area (Å²) < 4.78 is 1.74. The number of amides is 1. The molecule has 114 valence electrons. The maximum absolute atomic E-state index is 12.5. The van der Waals surface area contributed by atoms with E-state index in [-0.39, 0.29) is 12.5 Å². The molecule has 0 saturated carbocycles. The number of rotatable bonds is 4. The van der Waals surface area contributed by atoms with E-state index in [9.17, 15) is 14.7 Å². The zero-order valence-corrected chi connectivity index (χ0v) is 12.3. The molecule has 0 saturated heterocycles. The molecule has 1 aromatic heterocycles. The molecular weight excluding hydrogens is 282 g/mol. The number of benzene rings is 1. The molecule has 6 nitrogen and oxygen atoms in total.